The molecule has 0 spiro atoms. The minimum atomic E-state index is 0.348. The highest BCUT2D eigenvalue weighted by Crippen LogP contribution is 2.30. The Hall–Kier alpha value is -5.78. The molecule has 12 nitrogen and oxygen atoms in total. The van der Waals surface area contributed by atoms with Crippen molar-refractivity contribution in [2.24, 2.45) is 0 Å². The molecule has 0 aliphatic rings. The van der Waals surface area contributed by atoms with Crippen LogP contribution < -0.4 is 0 Å². The molecular formula is C31H24N8O4. The van der Waals surface area contributed by atoms with E-state index in [0.717, 1.165) is 41.5 Å². The summed E-state index contributed by atoms with van der Waals surface area (Å²) in [4.78, 5) is 9.23. The molecule has 0 aliphatic carbocycles. The highest BCUT2D eigenvalue weighted by atomic mass is 16.5. The molecule has 0 amide bonds. The van der Waals surface area contributed by atoms with Gasteiger partial charge in [0.2, 0.25) is 35.2 Å². The number of aromatic nitrogens is 8. The smallest absolute Gasteiger partial charge is 0.258 e. The zero-order valence-corrected chi connectivity index (χ0v) is 23.3. The topological polar surface area (TPSA) is 156 Å². The van der Waals surface area contributed by atoms with Gasteiger partial charge in [0.05, 0.1) is 0 Å². The van der Waals surface area contributed by atoms with Crippen molar-refractivity contribution in [1.29, 1.82) is 0 Å². The number of benzene rings is 3. The number of unbranched alkanes of at least 4 members (excludes halogenated alkanes) is 1. The van der Waals surface area contributed by atoms with Crippen LogP contribution in [0.1, 0.15) is 31.5 Å². The van der Waals surface area contributed by atoms with Crippen LogP contribution in [-0.2, 0) is 6.42 Å². The van der Waals surface area contributed by atoms with Crippen LogP contribution in [0, 0.1) is 6.92 Å². The van der Waals surface area contributed by atoms with Crippen molar-refractivity contribution in [3.05, 3.63) is 84.6 Å². The van der Waals surface area contributed by atoms with E-state index in [1.54, 1.807) is 6.92 Å². The summed E-state index contributed by atoms with van der Waals surface area (Å²) in [5, 5.41) is 24.7. The molecule has 0 fully saturated rings. The average molecular weight is 573 g/mol. The van der Waals surface area contributed by atoms with E-state index >= 15 is 0 Å². The van der Waals surface area contributed by atoms with E-state index < -0.39 is 0 Å². The third kappa shape index (κ3) is 5.45. The predicted molar refractivity (Wildman–Crippen MR) is 154 cm³/mol. The van der Waals surface area contributed by atoms with E-state index in [4.69, 9.17) is 17.9 Å². The highest BCUT2D eigenvalue weighted by molar-refractivity contribution is 5.70. The first-order valence-corrected chi connectivity index (χ1v) is 13.8. The molecule has 4 aromatic heterocycles. The highest BCUT2D eigenvalue weighted by Gasteiger charge is 2.17. The van der Waals surface area contributed by atoms with Crippen molar-refractivity contribution >= 4 is 0 Å². The molecule has 43 heavy (non-hydrogen) atoms. The van der Waals surface area contributed by atoms with Gasteiger partial charge in [-0.05, 0) is 48.9 Å². The Morgan fingerprint density at radius 2 is 1.05 bits per heavy atom. The first-order valence-electron chi connectivity index (χ1n) is 13.8. The molecule has 0 radical (unpaired) electrons. The van der Waals surface area contributed by atoms with Crippen molar-refractivity contribution in [3.63, 3.8) is 0 Å². The fraction of sp³-hybridized carbons (Fsp3) is 0.161. The minimum Gasteiger partial charge on any atom is -0.421 e. The van der Waals surface area contributed by atoms with E-state index in [1.807, 2.05) is 72.8 Å². The Morgan fingerprint density at radius 3 is 1.58 bits per heavy atom. The molecule has 0 unspecified atom stereocenters. The van der Waals surface area contributed by atoms with Gasteiger partial charge in [0.1, 0.15) is 0 Å². The van der Waals surface area contributed by atoms with Gasteiger partial charge in [0.15, 0.2) is 0 Å². The Labute approximate surface area is 244 Å². The molecule has 12 heteroatoms. The number of rotatable bonds is 9. The van der Waals surface area contributed by atoms with Crippen LogP contribution >= 0.6 is 0 Å². The first-order chi connectivity index (χ1) is 21.1. The lowest BCUT2D eigenvalue weighted by Crippen LogP contribution is -1.85. The Morgan fingerprint density at radius 1 is 0.558 bits per heavy atom. The first kappa shape index (κ1) is 26.1. The fourth-order valence-electron chi connectivity index (χ4n) is 4.50. The monoisotopic (exact) mass is 572 g/mol. The Kier molecular flexibility index (Phi) is 6.83. The number of nitrogens with zero attached hydrogens (tertiary/aromatic N) is 8. The summed E-state index contributed by atoms with van der Waals surface area (Å²) in [6.07, 6.45) is 2.82. The molecule has 0 saturated carbocycles. The van der Waals surface area contributed by atoms with Crippen molar-refractivity contribution in [3.8, 4) is 68.6 Å². The second-order valence-corrected chi connectivity index (χ2v) is 9.82. The zero-order chi connectivity index (χ0) is 29.2. The van der Waals surface area contributed by atoms with Crippen molar-refractivity contribution in [2.45, 2.75) is 33.1 Å². The zero-order valence-electron chi connectivity index (χ0n) is 23.3. The quantitative estimate of drug-likeness (QED) is 0.177. The fourth-order valence-corrected chi connectivity index (χ4v) is 4.50. The summed E-state index contributed by atoms with van der Waals surface area (Å²) in [5.41, 5.74) is 4.47. The lowest BCUT2D eigenvalue weighted by Gasteiger charge is -1.99. The van der Waals surface area contributed by atoms with E-state index in [-0.39, 0.29) is 0 Å². The molecule has 7 rings (SSSR count). The summed E-state index contributed by atoms with van der Waals surface area (Å²) < 4.78 is 22.6. The van der Waals surface area contributed by atoms with E-state index in [2.05, 4.69) is 47.6 Å². The van der Waals surface area contributed by atoms with Gasteiger partial charge in [-0.2, -0.15) is 9.97 Å². The molecule has 4 heterocycles. The Balaban J connectivity index is 1.11. The maximum absolute atomic E-state index is 5.83. The standard InChI is InChI=1S/C31H24N8O4/c1-3-4-14-25-35-37-31(41-25)24-13-6-9-20(16-24)27-33-29(43-39-27)22-11-7-10-21(17-22)28-32-26(38-42-28)19-8-5-12-23(15-19)30-36-34-18(2)40-30/h5-13,15-17H,3-4,14H2,1-2H3. The van der Waals surface area contributed by atoms with Crippen molar-refractivity contribution in [1.82, 2.24) is 40.7 Å². The number of hydrogen-bond acceptors (Lipinski definition) is 12. The number of aryl methyl sites for hydroxylation is 2. The van der Waals surface area contributed by atoms with E-state index in [1.165, 1.54) is 0 Å². The molecule has 3 aromatic carbocycles. The lowest BCUT2D eigenvalue weighted by molar-refractivity contribution is 0.431. The van der Waals surface area contributed by atoms with Gasteiger partial charge in [-0.25, -0.2) is 0 Å². The molecule has 0 atom stereocenters. The van der Waals surface area contributed by atoms with Gasteiger partial charge in [0, 0.05) is 46.7 Å². The summed E-state index contributed by atoms with van der Waals surface area (Å²) in [5.74, 6) is 3.56. The third-order valence-electron chi connectivity index (χ3n) is 6.68. The Bertz CT molecular complexity index is 2020. The third-order valence-corrected chi connectivity index (χ3v) is 6.68. The normalized spacial score (nSPS) is 11.3. The molecule has 0 N–H and O–H groups in total. The minimum absolute atomic E-state index is 0.348. The van der Waals surface area contributed by atoms with Crippen LogP contribution in [-0.4, -0.2) is 40.7 Å². The summed E-state index contributed by atoms with van der Waals surface area (Å²) >= 11 is 0. The number of hydrogen-bond donors (Lipinski definition) is 0. The summed E-state index contributed by atoms with van der Waals surface area (Å²) in [6.45, 7) is 3.87. The van der Waals surface area contributed by atoms with Gasteiger partial charge in [-0.3, -0.25) is 0 Å². The molecule has 0 bridgehead atoms. The second-order valence-electron chi connectivity index (χ2n) is 9.82. The van der Waals surface area contributed by atoms with Gasteiger partial charge in [0.25, 0.3) is 11.8 Å². The van der Waals surface area contributed by atoms with E-state index in [0.29, 0.717) is 58.1 Å². The average Bonchev–Trinajstić information content (AvgIpc) is 3.88. The van der Waals surface area contributed by atoms with Gasteiger partial charge >= 0.3 is 0 Å². The van der Waals surface area contributed by atoms with Crippen LogP contribution in [0.5, 0.6) is 0 Å². The van der Waals surface area contributed by atoms with Crippen LogP contribution in [0.15, 0.2) is 90.7 Å². The summed E-state index contributed by atoms with van der Waals surface area (Å²) in [7, 11) is 0. The van der Waals surface area contributed by atoms with Gasteiger partial charge in [-0.1, -0.05) is 54.0 Å². The summed E-state index contributed by atoms with van der Waals surface area (Å²) in [6, 6.07) is 22.6. The van der Waals surface area contributed by atoms with Crippen LogP contribution in [0.3, 0.4) is 0 Å². The van der Waals surface area contributed by atoms with Gasteiger partial charge in [-0.15, -0.1) is 20.4 Å². The second kappa shape index (κ2) is 11.2. The van der Waals surface area contributed by atoms with Gasteiger partial charge < -0.3 is 17.9 Å². The van der Waals surface area contributed by atoms with Crippen LogP contribution in [0.4, 0.5) is 0 Å². The van der Waals surface area contributed by atoms with E-state index in [9.17, 15) is 0 Å². The molecule has 0 aliphatic heterocycles. The molecule has 0 saturated heterocycles. The van der Waals surface area contributed by atoms with Crippen molar-refractivity contribution < 1.29 is 17.9 Å². The van der Waals surface area contributed by atoms with Crippen LogP contribution in [0.2, 0.25) is 0 Å². The predicted octanol–water partition coefficient (Wildman–Crippen LogP) is 6.87. The largest absolute Gasteiger partial charge is 0.421 e. The maximum Gasteiger partial charge on any atom is 0.258 e. The van der Waals surface area contributed by atoms with Crippen molar-refractivity contribution in [2.75, 3.05) is 0 Å². The SMILES string of the molecule is CCCCc1nnc(-c2cccc(-c3noc(-c4cccc(-c5nc(-c6cccc(-c7nnc(C)o7)c6)no5)c4)n3)c2)o1. The molecule has 7 aromatic rings. The lowest BCUT2D eigenvalue weighted by atomic mass is 10.1. The van der Waals surface area contributed by atoms with Crippen LogP contribution in [0.25, 0.3) is 68.6 Å². The molecule has 212 valence electrons. The maximum atomic E-state index is 5.83. The molecular weight excluding hydrogens is 548 g/mol.